The van der Waals surface area contributed by atoms with Gasteiger partial charge in [0.05, 0.1) is 4.92 Å². The van der Waals surface area contributed by atoms with Gasteiger partial charge in [0, 0.05) is 29.8 Å². The van der Waals surface area contributed by atoms with E-state index in [2.05, 4.69) is 29.6 Å². The SMILES string of the molecule is O=[N+]([O-])c1ccc(NC2CC2c2ccccc2)cc1. The largest absolute Gasteiger partial charge is 0.382 e. The molecule has 2 aromatic carbocycles. The molecule has 19 heavy (non-hydrogen) atoms. The Morgan fingerprint density at radius 1 is 1.05 bits per heavy atom. The lowest BCUT2D eigenvalue weighted by atomic mass is 10.1. The number of nitrogens with one attached hydrogen (secondary N) is 1. The third kappa shape index (κ3) is 2.57. The lowest BCUT2D eigenvalue weighted by molar-refractivity contribution is -0.384. The maximum absolute atomic E-state index is 10.6. The van der Waals surface area contributed by atoms with E-state index in [0.29, 0.717) is 12.0 Å². The Morgan fingerprint density at radius 3 is 2.37 bits per heavy atom. The van der Waals surface area contributed by atoms with E-state index < -0.39 is 0 Å². The van der Waals surface area contributed by atoms with Crippen molar-refractivity contribution in [3.8, 4) is 0 Å². The molecule has 1 fully saturated rings. The molecule has 0 spiro atoms. The van der Waals surface area contributed by atoms with Crippen molar-refractivity contribution in [1.82, 2.24) is 0 Å². The van der Waals surface area contributed by atoms with Crippen LogP contribution in [0, 0.1) is 10.1 Å². The van der Waals surface area contributed by atoms with Gasteiger partial charge in [-0.3, -0.25) is 10.1 Å². The minimum atomic E-state index is -0.381. The minimum Gasteiger partial charge on any atom is -0.382 e. The van der Waals surface area contributed by atoms with E-state index in [1.807, 2.05) is 6.07 Å². The molecular formula is C15H14N2O2. The summed E-state index contributed by atoms with van der Waals surface area (Å²) in [5.74, 6) is 0.552. The zero-order valence-electron chi connectivity index (χ0n) is 10.3. The predicted octanol–water partition coefficient (Wildman–Crippen LogP) is 3.56. The first-order chi connectivity index (χ1) is 9.24. The molecule has 96 valence electrons. The van der Waals surface area contributed by atoms with Crippen molar-refractivity contribution in [3.63, 3.8) is 0 Å². The maximum atomic E-state index is 10.6. The van der Waals surface area contributed by atoms with Crippen LogP contribution in [0.2, 0.25) is 0 Å². The van der Waals surface area contributed by atoms with Gasteiger partial charge in [-0.05, 0) is 24.1 Å². The Bertz CT molecular complexity index is 581. The van der Waals surface area contributed by atoms with Crippen LogP contribution in [0.5, 0.6) is 0 Å². The topological polar surface area (TPSA) is 55.2 Å². The van der Waals surface area contributed by atoms with Crippen molar-refractivity contribution in [2.75, 3.05) is 5.32 Å². The summed E-state index contributed by atoms with van der Waals surface area (Å²) < 4.78 is 0. The van der Waals surface area contributed by atoms with Gasteiger partial charge in [-0.25, -0.2) is 0 Å². The van der Waals surface area contributed by atoms with E-state index in [4.69, 9.17) is 0 Å². The maximum Gasteiger partial charge on any atom is 0.269 e. The lowest BCUT2D eigenvalue weighted by Crippen LogP contribution is -2.03. The highest BCUT2D eigenvalue weighted by molar-refractivity contribution is 5.51. The first-order valence-corrected chi connectivity index (χ1v) is 6.30. The minimum absolute atomic E-state index is 0.126. The number of rotatable bonds is 4. The van der Waals surface area contributed by atoms with Crippen LogP contribution >= 0.6 is 0 Å². The molecule has 2 aromatic rings. The molecule has 1 aliphatic rings. The molecule has 0 heterocycles. The fourth-order valence-corrected chi connectivity index (χ4v) is 2.32. The Labute approximate surface area is 111 Å². The van der Waals surface area contributed by atoms with Crippen LogP contribution in [-0.2, 0) is 0 Å². The van der Waals surface area contributed by atoms with E-state index in [9.17, 15) is 10.1 Å². The highest BCUT2D eigenvalue weighted by Gasteiger charge is 2.38. The molecule has 0 aromatic heterocycles. The molecule has 0 bridgehead atoms. The van der Waals surface area contributed by atoms with Gasteiger partial charge in [0.1, 0.15) is 0 Å². The van der Waals surface area contributed by atoms with E-state index in [1.54, 1.807) is 12.1 Å². The lowest BCUT2D eigenvalue weighted by Gasteiger charge is -2.05. The number of nitro benzene ring substituents is 1. The predicted molar refractivity (Wildman–Crippen MR) is 74.3 cm³/mol. The summed E-state index contributed by atoms with van der Waals surface area (Å²) in [5, 5.41) is 14.0. The summed E-state index contributed by atoms with van der Waals surface area (Å²) in [6.07, 6.45) is 1.11. The number of nitro groups is 1. The summed E-state index contributed by atoms with van der Waals surface area (Å²) in [6.45, 7) is 0. The quantitative estimate of drug-likeness (QED) is 0.670. The summed E-state index contributed by atoms with van der Waals surface area (Å²) >= 11 is 0. The Morgan fingerprint density at radius 2 is 1.74 bits per heavy atom. The molecule has 0 amide bonds. The highest BCUT2D eigenvalue weighted by Crippen LogP contribution is 2.42. The zero-order chi connectivity index (χ0) is 13.2. The van der Waals surface area contributed by atoms with Crippen LogP contribution in [0.1, 0.15) is 17.9 Å². The van der Waals surface area contributed by atoms with Gasteiger partial charge in [-0.1, -0.05) is 30.3 Å². The molecule has 0 saturated heterocycles. The third-order valence-electron chi connectivity index (χ3n) is 3.45. The first-order valence-electron chi connectivity index (χ1n) is 6.30. The molecule has 0 radical (unpaired) electrons. The Hall–Kier alpha value is -2.36. The van der Waals surface area contributed by atoms with Gasteiger partial charge in [0.25, 0.3) is 5.69 Å². The molecular weight excluding hydrogens is 240 g/mol. The molecule has 4 nitrogen and oxygen atoms in total. The third-order valence-corrected chi connectivity index (χ3v) is 3.45. The molecule has 2 unspecified atom stereocenters. The van der Waals surface area contributed by atoms with Gasteiger partial charge in [0.2, 0.25) is 0 Å². The van der Waals surface area contributed by atoms with E-state index in [1.165, 1.54) is 17.7 Å². The first kappa shape index (κ1) is 11.7. The summed E-state index contributed by atoms with van der Waals surface area (Å²) in [5.41, 5.74) is 2.41. The van der Waals surface area contributed by atoms with Crippen molar-refractivity contribution in [1.29, 1.82) is 0 Å². The number of hydrogen-bond donors (Lipinski definition) is 1. The molecule has 2 atom stereocenters. The van der Waals surface area contributed by atoms with Gasteiger partial charge >= 0.3 is 0 Å². The summed E-state index contributed by atoms with van der Waals surface area (Å²) in [7, 11) is 0. The van der Waals surface area contributed by atoms with Crippen LogP contribution in [0.15, 0.2) is 54.6 Å². The molecule has 3 rings (SSSR count). The van der Waals surface area contributed by atoms with Gasteiger partial charge in [-0.2, -0.15) is 0 Å². The Kier molecular flexibility index (Phi) is 2.91. The summed E-state index contributed by atoms with van der Waals surface area (Å²) in [4.78, 5) is 10.2. The van der Waals surface area contributed by atoms with E-state index >= 15 is 0 Å². The van der Waals surface area contributed by atoms with Crippen LogP contribution in [0.4, 0.5) is 11.4 Å². The molecule has 1 N–H and O–H groups in total. The van der Waals surface area contributed by atoms with Crippen molar-refractivity contribution >= 4 is 11.4 Å². The van der Waals surface area contributed by atoms with Crippen molar-refractivity contribution in [2.24, 2.45) is 0 Å². The highest BCUT2D eigenvalue weighted by atomic mass is 16.6. The van der Waals surface area contributed by atoms with Crippen molar-refractivity contribution < 1.29 is 4.92 Å². The smallest absolute Gasteiger partial charge is 0.269 e. The molecule has 1 saturated carbocycles. The standard InChI is InChI=1S/C15H14N2O2/c18-17(19)13-8-6-12(7-9-13)16-15-10-14(15)11-4-2-1-3-5-11/h1-9,14-16H,10H2. The van der Waals surface area contributed by atoms with Crippen LogP contribution in [0.25, 0.3) is 0 Å². The van der Waals surface area contributed by atoms with Crippen LogP contribution in [-0.4, -0.2) is 11.0 Å². The second-order valence-corrected chi connectivity index (χ2v) is 4.81. The van der Waals surface area contributed by atoms with Crippen LogP contribution < -0.4 is 5.32 Å². The number of benzene rings is 2. The average molecular weight is 254 g/mol. The van der Waals surface area contributed by atoms with Gasteiger partial charge in [-0.15, -0.1) is 0 Å². The number of non-ortho nitro benzene ring substituents is 1. The second-order valence-electron chi connectivity index (χ2n) is 4.81. The fraction of sp³-hybridized carbons (Fsp3) is 0.200. The normalized spacial score (nSPS) is 20.8. The van der Waals surface area contributed by atoms with E-state index in [-0.39, 0.29) is 10.6 Å². The van der Waals surface area contributed by atoms with Gasteiger partial charge in [0.15, 0.2) is 0 Å². The number of anilines is 1. The van der Waals surface area contributed by atoms with Crippen molar-refractivity contribution in [3.05, 3.63) is 70.3 Å². The molecule has 4 heteroatoms. The van der Waals surface area contributed by atoms with E-state index in [0.717, 1.165) is 12.1 Å². The monoisotopic (exact) mass is 254 g/mol. The molecule has 0 aliphatic heterocycles. The van der Waals surface area contributed by atoms with Crippen LogP contribution in [0.3, 0.4) is 0 Å². The molecule has 1 aliphatic carbocycles. The number of nitrogens with zero attached hydrogens (tertiary/aromatic N) is 1. The average Bonchev–Trinajstić information content (AvgIpc) is 3.20. The Balaban J connectivity index is 1.63. The zero-order valence-corrected chi connectivity index (χ0v) is 10.3. The van der Waals surface area contributed by atoms with Crippen molar-refractivity contribution in [2.45, 2.75) is 18.4 Å². The van der Waals surface area contributed by atoms with Gasteiger partial charge < -0.3 is 5.32 Å². The summed E-state index contributed by atoms with van der Waals surface area (Å²) in [6, 6.07) is 17.4. The fourth-order valence-electron chi connectivity index (χ4n) is 2.32. The number of hydrogen-bond acceptors (Lipinski definition) is 3. The second kappa shape index (κ2) is 4.72.